The second kappa shape index (κ2) is 16.1. The van der Waals surface area contributed by atoms with Gasteiger partial charge in [0.15, 0.2) is 9.84 Å². The quantitative estimate of drug-likeness (QED) is 0.231. The molecule has 2 rings (SSSR count). The summed E-state index contributed by atoms with van der Waals surface area (Å²) < 4.78 is 30.3. The second-order valence-corrected chi connectivity index (χ2v) is 11.4. The molecule has 0 unspecified atom stereocenters. The third-order valence-corrected chi connectivity index (χ3v) is 7.24. The van der Waals surface area contributed by atoms with E-state index in [1.165, 1.54) is 56.7 Å². The van der Waals surface area contributed by atoms with Gasteiger partial charge in [-0.2, -0.15) is 0 Å². The van der Waals surface area contributed by atoms with Crippen LogP contribution >= 0.6 is 0 Å². The monoisotopic (exact) mass is 530 g/mol. The number of hydrogen-bond acceptors (Lipinski definition) is 5. The van der Waals surface area contributed by atoms with Crippen LogP contribution in [0.2, 0.25) is 0 Å². The summed E-state index contributed by atoms with van der Waals surface area (Å²) in [5, 5.41) is 5.46. The van der Waals surface area contributed by atoms with Gasteiger partial charge < -0.3 is 15.4 Å². The highest BCUT2D eigenvalue weighted by atomic mass is 32.2. The number of ether oxygens (including phenoxy) is 1. The fraction of sp³-hybridized carbons (Fsp3) is 0.517. The van der Waals surface area contributed by atoms with Crippen LogP contribution in [0.1, 0.15) is 98.8 Å². The Balaban J connectivity index is 1.94. The molecule has 0 saturated carbocycles. The molecule has 0 aliphatic rings. The molecule has 8 heteroatoms. The van der Waals surface area contributed by atoms with Crippen molar-refractivity contribution in [2.75, 3.05) is 24.7 Å². The average Bonchev–Trinajstić information content (AvgIpc) is 2.87. The van der Waals surface area contributed by atoms with Crippen LogP contribution in [-0.2, 0) is 9.84 Å². The van der Waals surface area contributed by atoms with E-state index < -0.39 is 15.7 Å². The Hall–Kier alpha value is -2.87. The van der Waals surface area contributed by atoms with Gasteiger partial charge in [-0.1, -0.05) is 65.2 Å². The van der Waals surface area contributed by atoms with Crippen LogP contribution in [0, 0.1) is 0 Å². The highest BCUT2D eigenvalue weighted by Crippen LogP contribution is 2.24. The van der Waals surface area contributed by atoms with Gasteiger partial charge in [0.1, 0.15) is 5.75 Å². The minimum absolute atomic E-state index is 0.0451. The lowest BCUT2D eigenvalue weighted by Gasteiger charge is -2.13. The van der Waals surface area contributed by atoms with E-state index in [0.717, 1.165) is 31.9 Å². The molecular weight excluding hydrogens is 488 g/mol. The smallest absolute Gasteiger partial charge is 0.255 e. The second-order valence-electron chi connectivity index (χ2n) is 9.39. The van der Waals surface area contributed by atoms with Crippen molar-refractivity contribution in [2.45, 2.75) is 83.0 Å². The molecule has 0 aliphatic heterocycles. The van der Waals surface area contributed by atoms with Crippen LogP contribution in [-0.4, -0.2) is 39.6 Å². The minimum atomic E-state index is -3.62. The first kappa shape index (κ1) is 30.4. The number of carbonyl (C=O) groups excluding carboxylic acids is 2. The Labute approximate surface area is 222 Å². The summed E-state index contributed by atoms with van der Waals surface area (Å²) in [4.78, 5) is 25.3. The molecule has 7 nitrogen and oxygen atoms in total. The molecule has 0 bridgehead atoms. The number of unbranched alkanes of at least 4 members (excludes halogenated alkanes) is 8. The summed E-state index contributed by atoms with van der Waals surface area (Å²) in [6.45, 7) is 5.40. The Kier molecular flexibility index (Phi) is 13.2. The van der Waals surface area contributed by atoms with Crippen molar-refractivity contribution in [1.29, 1.82) is 0 Å². The van der Waals surface area contributed by atoms with Gasteiger partial charge in [0, 0.05) is 23.9 Å². The van der Waals surface area contributed by atoms with E-state index in [2.05, 4.69) is 17.6 Å². The molecule has 37 heavy (non-hydrogen) atoms. The van der Waals surface area contributed by atoms with E-state index in [1.807, 2.05) is 6.92 Å². The summed E-state index contributed by atoms with van der Waals surface area (Å²) in [7, 11) is -3.62. The normalized spacial score (nSPS) is 11.2. The van der Waals surface area contributed by atoms with E-state index in [0.29, 0.717) is 24.5 Å². The lowest BCUT2D eigenvalue weighted by Crippen LogP contribution is -2.25. The molecule has 2 aromatic carbocycles. The summed E-state index contributed by atoms with van der Waals surface area (Å²) in [5.41, 5.74) is 0.714. The Morgan fingerprint density at radius 2 is 1.35 bits per heavy atom. The van der Waals surface area contributed by atoms with Gasteiger partial charge >= 0.3 is 0 Å². The summed E-state index contributed by atoms with van der Waals surface area (Å²) >= 11 is 0. The van der Waals surface area contributed by atoms with Crippen LogP contribution in [0.3, 0.4) is 0 Å². The number of nitrogens with one attached hydrogen (secondary N) is 2. The lowest BCUT2D eigenvalue weighted by molar-refractivity contribution is 0.0951. The van der Waals surface area contributed by atoms with Crippen molar-refractivity contribution in [2.24, 2.45) is 0 Å². The molecule has 0 fully saturated rings. The first-order chi connectivity index (χ1) is 17.8. The lowest BCUT2D eigenvalue weighted by atomic mass is 10.1. The number of rotatable bonds is 17. The van der Waals surface area contributed by atoms with Gasteiger partial charge in [0.2, 0.25) is 0 Å². The topological polar surface area (TPSA) is 102 Å². The molecular formula is C29H42N2O5S. The molecule has 2 N–H and O–H groups in total. The standard InChI is InChI=1S/C29H42N2O5S/c1-4-6-8-9-10-11-12-13-21-36-25-17-14-23(15-18-25)29(33)31-26-22-24(28(32)30-20-7-5-2)16-19-27(26)37(3,34)35/h14-19,22H,4-13,20-21H2,1-3H3,(H,30,32)(H,31,33). The third kappa shape index (κ3) is 11.0. The van der Waals surface area contributed by atoms with Gasteiger partial charge in [0.25, 0.3) is 11.8 Å². The zero-order chi connectivity index (χ0) is 27.1. The predicted octanol–water partition coefficient (Wildman–Crippen LogP) is 6.39. The van der Waals surface area contributed by atoms with Gasteiger partial charge in [-0.3, -0.25) is 9.59 Å². The van der Waals surface area contributed by atoms with Gasteiger partial charge in [-0.05, 0) is 55.3 Å². The first-order valence-electron chi connectivity index (χ1n) is 13.4. The number of anilines is 1. The van der Waals surface area contributed by atoms with E-state index in [9.17, 15) is 18.0 Å². The molecule has 204 valence electrons. The van der Waals surface area contributed by atoms with Gasteiger partial charge in [-0.25, -0.2) is 8.42 Å². The minimum Gasteiger partial charge on any atom is -0.494 e. The zero-order valence-corrected chi connectivity index (χ0v) is 23.3. The third-order valence-electron chi connectivity index (χ3n) is 6.09. The van der Waals surface area contributed by atoms with Crippen LogP contribution in [0.15, 0.2) is 47.4 Å². The Morgan fingerprint density at radius 1 is 0.757 bits per heavy atom. The maximum atomic E-state index is 12.9. The predicted molar refractivity (Wildman–Crippen MR) is 149 cm³/mol. The zero-order valence-electron chi connectivity index (χ0n) is 22.5. The molecule has 0 saturated heterocycles. The van der Waals surface area contributed by atoms with Crippen molar-refractivity contribution in [1.82, 2.24) is 5.32 Å². The van der Waals surface area contributed by atoms with Crippen LogP contribution < -0.4 is 15.4 Å². The molecule has 2 aromatic rings. The summed E-state index contributed by atoms with van der Waals surface area (Å²) in [6.07, 6.45) is 12.7. The van der Waals surface area contributed by atoms with Gasteiger partial charge in [-0.15, -0.1) is 0 Å². The van der Waals surface area contributed by atoms with Gasteiger partial charge in [0.05, 0.1) is 17.2 Å². The van der Waals surface area contributed by atoms with E-state index in [4.69, 9.17) is 4.74 Å². The maximum Gasteiger partial charge on any atom is 0.255 e. The van der Waals surface area contributed by atoms with E-state index in [1.54, 1.807) is 24.3 Å². The number of amides is 2. The molecule has 2 amide bonds. The molecule has 0 radical (unpaired) electrons. The Bertz CT molecular complexity index is 1100. The van der Waals surface area contributed by atoms with Crippen molar-refractivity contribution < 1.29 is 22.7 Å². The maximum absolute atomic E-state index is 12.9. The van der Waals surface area contributed by atoms with Crippen LogP contribution in [0.5, 0.6) is 5.75 Å². The number of benzene rings is 2. The SMILES string of the molecule is CCCCCCCCCCOc1ccc(C(=O)Nc2cc(C(=O)NCCCC)ccc2S(C)(=O)=O)cc1. The van der Waals surface area contributed by atoms with Crippen molar-refractivity contribution in [3.05, 3.63) is 53.6 Å². The summed E-state index contributed by atoms with van der Waals surface area (Å²) in [6, 6.07) is 10.9. The van der Waals surface area contributed by atoms with Crippen molar-refractivity contribution in [3.63, 3.8) is 0 Å². The van der Waals surface area contributed by atoms with E-state index >= 15 is 0 Å². The molecule has 0 atom stereocenters. The molecule has 0 spiro atoms. The van der Waals surface area contributed by atoms with Crippen LogP contribution in [0.4, 0.5) is 5.69 Å². The largest absolute Gasteiger partial charge is 0.494 e. The fourth-order valence-corrected chi connectivity index (χ4v) is 4.72. The van der Waals surface area contributed by atoms with Crippen LogP contribution in [0.25, 0.3) is 0 Å². The highest BCUT2D eigenvalue weighted by Gasteiger charge is 2.18. The number of hydrogen-bond donors (Lipinski definition) is 2. The molecule has 0 aromatic heterocycles. The van der Waals surface area contributed by atoms with Crippen molar-refractivity contribution >= 4 is 27.3 Å². The number of carbonyl (C=O) groups is 2. The Morgan fingerprint density at radius 3 is 1.97 bits per heavy atom. The molecule has 0 heterocycles. The highest BCUT2D eigenvalue weighted by molar-refractivity contribution is 7.90. The fourth-order valence-electron chi connectivity index (χ4n) is 3.90. The summed E-state index contributed by atoms with van der Waals surface area (Å²) in [5.74, 6) is -0.105. The average molecular weight is 531 g/mol. The number of sulfone groups is 1. The van der Waals surface area contributed by atoms with E-state index in [-0.39, 0.29) is 22.1 Å². The van der Waals surface area contributed by atoms with Crippen molar-refractivity contribution in [3.8, 4) is 5.75 Å². The first-order valence-corrected chi connectivity index (χ1v) is 15.3. The molecule has 0 aliphatic carbocycles.